The third-order valence-corrected chi connectivity index (χ3v) is 3.01. The lowest BCUT2D eigenvalue weighted by atomic mass is 10.1. The van der Waals surface area contributed by atoms with E-state index in [0.29, 0.717) is 12.2 Å². The predicted molar refractivity (Wildman–Crippen MR) is 76.7 cm³/mol. The number of rotatable bonds is 4. The topological polar surface area (TPSA) is 26.3 Å². The summed E-state index contributed by atoms with van der Waals surface area (Å²) in [4.78, 5) is 11.2. The van der Waals surface area contributed by atoms with Crippen molar-refractivity contribution in [1.82, 2.24) is 0 Å². The average Bonchev–Trinajstić information content (AvgIpc) is 2.36. The Morgan fingerprint density at radius 1 is 1.10 bits per heavy atom. The van der Waals surface area contributed by atoms with Crippen LogP contribution in [0.15, 0.2) is 36.4 Å². The Kier molecular flexibility index (Phi) is 4.18. The normalized spacial score (nSPS) is 10.4. The second kappa shape index (κ2) is 5.87. The minimum atomic E-state index is -0.512. The van der Waals surface area contributed by atoms with Crippen molar-refractivity contribution in [2.75, 3.05) is 0 Å². The Hall–Kier alpha value is -2.16. The summed E-state index contributed by atoms with van der Waals surface area (Å²) in [5.74, 6) is -0.513. The molecule has 0 spiro atoms. The molecule has 0 aliphatic carbocycles. The van der Waals surface area contributed by atoms with Crippen LogP contribution in [0.3, 0.4) is 0 Å². The van der Waals surface area contributed by atoms with Gasteiger partial charge < -0.3 is 4.74 Å². The number of carbonyl (C=O) groups excluding carboxylic acids is 1. The van der Waals surface area contributed by atoms with Crippen LogP contribution in [0.5, 0.6) is 5.75 Å². The zero-order chi connectivity index (χ0) is 14.7. The highest BCUT2D eigenvalue weighted by Gasteiger charge is 2.08. The molecule has 0 heterocycles. The zero-order valence-corrected chi connectivity index (χ0v) is 11.9. The first kappa shape index (κ1) is 14.3. The van der Waals surface area contributed by atoms with Gasteiger partial charge in [0.05, 0.1) is 0 Å². The number of halogens is 1. The second-order valence-electron chi connectivity index (χ2n) is 4.99. The third-order valence-electron chi connectivity index (χ3n) is 3.01. The number of ether oxygens (including phenoxy) is 1. The molecule has 0 bridgehead atoms. The van der Waals surface area contributed by atoms with Crippen LogP contribution < -0.4 is 4.74 Å². The molecule has 3 heteroatoms. The lowest BCUT2D eigenvalue weighted by Gasteiger charge is -2.09. The summed E-state index contributed by atoms with van der Waals surface area (Å²) >= 11 is 0. The van der Waals surface area contributed by atoms with Crippen LogP contribution >= 0.6 is 0 Å². The van der Waals surface area contributed by atoms with Crippen LogP contribution in [0.1, 0.15) is 34.0 Å². The number of hydrogen-bond acceptors (Lipinski definition) is 2. The van der Waals surface area contributed by atoms with Gasteiger partial charge in [0, 0.05) is 5.56 Å². The minimum Gasteiger partial charge on any atom is -0.486 e. The van der Waals surface area contributed by atoms with Crippen LogP contribution in [0.4, 0.5) is 4.39 Å². The number of ketones is 1. The molecule has 0 aromatic heterocycles. The standard InChI is InChI=1S/C17H17FO2/c1-11-6-12(2)8-14(7-11)10-20-17-5-4-15(13(3)19)9-16(17)18/h4-9H,10H2,1-3H3. The van der Waals surface area contributed by atoms with Gasteiger partial charge in [-0.15, -0.1) is 0 Å². The maximum absolute atomic E-state index is 13.8. The van der Waals surface area contributed by atoms with Gasteiger partial charge in [0.15, 0.2) is 17.3 Å². The van der Waals surface area contributed by atoms with Crippen LogP contribution in [-0.2, 0) is 6.61 Å². The summed E-state index contributed by atoms with van der Waals surface area (Å²) in [6.07, 6.45) is 0. The largest absolute Gasteiger partial charge is 0.486 e. The van der Waals surface area contributed by atoms with Crippen molar-refractivity contribution in [3.63, 3.8) is 0 Å². The van der Waals surface area contributed by atoms with E-state index >= 15 is 0 Å². The first-order valence-electron chi connectivity index (χ1n) is 6.46. The quantitative estimate of drug-likeness (QED) is 0.779. The predicted octanol–water partition coefficient (Wildman–Crippen LogP) is 4.22. The van der Waals surface area contributed by atoms with Crippen molar-refractivity contribution in [3.8, 4) is 5.75 Å². The lowest BCUT2D eigenvalue weighted by molar-refractivity contribution is 0.101. The molecule has 0 N–H and O–H groups in total. The number of hydrogen-bond donors (Lipinski definition) is 0. The summed E-state index contributed by atoms with van der Waals surface area (Å²) in [6.45, 7) is 5.74. The summed E-state index contributed by atoms with van der Waals surface area (Å²) in [6, 6.07) is 10.4. The molecule has 0 amide bonds. The molecule has 2 nitrogen and oxygen atoms in total. The van der Waals surface area contributed by atoms with Gasteiger partial charge in [0.2, 0.25) is 0 Å². The van der Waals surface area contributed by atoms with E-state index < -0.39 is 5.82 Å². The smallest absolute Gasteiger partial charge is 0.165 e. The number of benzene rings is 2. The molecule has 0 aliphatic rings. The number of aryl methyl sites for hydroxylation is 2. The van der Waals surface area contributed by atoms with E-state index in [1.165, 1.54) is 19.1 Å². The fraction of sp³-hybridized carbons (Fsp3) is 0.235. The van der Waals surface area contributed by atoms with Crippen LogP contribution in [-0.4, -0.2) is 5.78 Å². The van der Waals surface area contributed by atoms with Crippen molar-refractivity contribution in [3.05, 3.63) is 64.5 Å². The van der Waals surface area contributed by atoms with E-state index in [1.54, 1.807) is 6.07 Å². The molecule has 0 aliphatic heterocycles. The van der Waals surface area contributed by atoms with E-state index in [-0.39, 0.29) is 11.5 Å². The molecule has 2 rings (SSSR count). The minimum absolute atomic E-state index is 0.161. The second-order valence-corrected chi connectivity index (χ2v) is 4.99. The monoisotopic (exact) mass is 272 g/mol. The SMILES string of the molecule is CC(=O)c1ccc(OCc2cc(C)cc(C)c2)c(F)c1. The van der Waals surface area contributed by atoms with Crippen molar-refractivity contribution < 1.29 is 13.9 Å². The summed E-state index contributed by atoms with van der Waals surface area (Å²) in [5.41, 5.74) is 3.64. The van der Waals surface area contributed by atoms with Crippen molar-refractivity contribution in [2.24, 2.45) is 0 Å². The Labute approximate surface area is 118 Å². The third kappa shape index (κ3) is 3.44. The Bertz CT molecular complexity index is 627. The fourth-order valence-electron chi connectivity index (χ4n) is 2.15. The molecule has 0 atom stereocenters. The van der Waals surface area contributed by atoms with Crippen LogP contribution in [0, 0.1) is 19.7 Å². The van der Waals surface area contributed by atoms with Gasteiger partial charge in [-0.1, -0.05) is 29.3 Å². The molecule has 0 fully saturated rings. The summed E-state index contributed by atoms with van der Waals surface area (Å²) < 4.78 is 19.3. The molecular weight excluding hydrogens is 255 g/mol. The van der Waals surface area contributed by atoms with Crippen molar-refractivity contribution in [2.45, 2.75) is 27.4 Å². The van der Waals surface area contributed by atoms with Crippen molar-refractivity contribution in [1.29, 1.82) is 0 Å². The van der Waals surface area contributed by atoms with E-state index in [9.17, 15) is 9.18 Å². The molecule has 0 unspecified atom stereocenters. The number of Topliss-reactive ketones (excluding diaryl/α,β-unsaturated/α-hetero) is 1. The van der Waals surface area contributed by atoms with E-state index in [2.05, 4.69) is 6.07 Å². The van der Waals surface area contributed by atoms with Crippen LogP contribution in [0.2, 0.25) is 0 Å². The van der Waals surface area contributed by atoms with E-state index in [1.807, 2.05) is 26.0 Å². The summed E-state index contributed by atoms with van der Waals surface area (Å²) in [7, 11) is 0. The molecule has 104 valence electrons. The van der Waals surface area contributed by atoms with Gasteiger partial charge in [-0.05, 0) is 44.5 Å². The van der Waals surface area contributed by atoms with Gasteiger partial charge in [0.25, 0.3) is 0 Å². The van der Waals surface area contributed by atoms with Gasteiger partial charge in [0.1, 0.15) is 6.61 Å². The first-order chi connectivity index (χ1) is 9.45. The molecule has 0 saturated heterocycles. The fourth-order valence-corrected chi connectivity index (χ4v) is 2.15. The van der Waals surface area contributed by atoms with Crippen molar-refractivity contribution >= 4 is 5.78 Å². The average molecular weight is 272 g/mol. The van der Waals surface area contributed by atoms with E-state index in [0.717, 1.165) is 16.7 Å². The van der Waals surface area contributed by atoms with Gasteiger partial charge in [-0.2, -0.15) is 0 Å². The maximum atomic E-state index is 13.8. The Morgan fingerprint density at radius 3 is 2.30 bits per heavy atom. The summed E-state index contributed by atoms with van der Waals surface area (Å²) in [5, 5.41) is 0. The number of carbonyl (C=O) groups is 1. The molecule has 2 aromatic rings. The lowest BCUT2D eigenvalue weighted by Crippen LogP contribution is -2.00. The van der Waals surface area contributed by atoms with Gasteiger partial charge in [-0.25, -0.2) is 4.39 Å². The van der Waals surface area contributed by atoms with Crippen LogP contribution in [0.25, 0.3) is 0 Å². The van der Waals surface area contributed by atoms with E-state index in [4.69, 9.17) is 4.74 Å². The Morgan fingerprint density at radius 2 is 1.75 bits per heavy atom. The molecule has 20 heavy (non-hydrogen) atoms. The molecule has 0 radical (unpaired) electrons. The first-order valence-corrected chi connectivity index (χ1v) is 6.46. The van der Waals surface area contributed by atoms with Gasteiger partial charge >= 0.3 is 0 Å². The molecular formula is C17H17FO2. The highest BCUT2D eigenvalue weighted by atomic mass is 19.1. The molecule has 0 saturated carbocycles. The maximum Gasteiger partial charge on any atom is 0.165 e. The molecule has 2 aromatic carbocycles. The highest BCUT2D eigenvalue weighted by Crippen LogP contribution is 2.20. The Balaban J connectivity index is 2.12. The van der Waals surface area contributed by atoms with Gasteiger partial charge in [-0.3, -0.25) is 4.79 Å². The zero-order valence-electron chi connectivity index (χ0n) is 11.9. The highest BCUT2D eigenvalue weighted by molar-refractivity contribution is 5.94.